The number of esters is 2. The van der Waals surface area contributed by atoms with Crippen molar-refractivity contribution >= 4 is 11.9 Å². The Kier molecular flexibility index (Phi) is 5.52. The van der Waals surface area contributed by atoms with Gasteiger partial charge in [-0.1, -0.05) is 12.1 Å². The fraction of sp³-hybridized carbons (Fsp3) is 0.417. The Balaban J connectivity index is 1.77. The molecule has 0 saturated heterocycles. The van der Waals surface area contributed by atoms with Crippen molar-refractivity contribution in [2.45, 2.75) is 38.9 Å². The molecule has 7 heteroatoms. The number of hydrogen-bond acceptors (Lipinski definition) is 7. The number of hydrogen-bond donors (Lipinski definition) is 0. The topological polar surface area (TPSA) is 80.3 Å². The lowest BCUT2D eigenvalue weighted by Crippen LogP contribution is -2.40. The average Bonchev–Trinajstić information content (AvgIpc) is 3.52. The first-order valence-electron chi connectivity index (χ1n) is 10.3. The number of fused-ring (bicyclic) bond motifs is 1. The molecule has 2 aliphatic rings. The molecule has 2 aromatic rings. The van der Waals surface area contributed by atoms with E-state index in [4.69, 9.17) is 23.7 Å². The van der Waals surface area contributed by atoms with Gasteiger partial charge >= 0.3 is 11.9 Å². The van der Waals surface area contributed by atoms with Crippen molar-refractivity contribution in [3.05, 3.63) is 41.5 Å². The van der Waals surface area contributed by atoms with Crippen LogP contribution < -0.4 is 14.2 Å². The Labute approximate surface area is 181 Å². The van der Waals surface area contributed by atoms with Gasteiger partial charge in [-0.05, 0) is 56.4 Å². The number of cyclic esters (lactones) is 1. The third-order valence-electron chi connectivity index (χ3n) is 5.53. The van der Waals surface area contributed by atoms with Crippen molar-refractivity contribution in [2.75, 3.05) is 20.8 Å². The van der Waals surface area contributed by atoms with Crippen LogP contribution in [0.2, 0.25) is 0 Å². The van der Waals surface area contributed by atoms with E-state index < -0.39 is 11.6 Å². The second-order valence-corrected chi connectivity index (χ2v) is 8.24. The molecule has 0 unspecified atom stereocenters. The van der Waals surface area contributed by atoms with E-state index in [-0.39, 0.29) is 12.6 Å². The summed E-state index contributed by atoms with van der Waals surface area (Å²) in [7, 11) is 3.04. The summed E-state index contributed by atoms with van der Waals surface area (Å²) in [5.41, 5.74) is 1.44. The van der Waals surface area contributed by atoms with E-state index in [1.807, 2.05) is 12.1 Å². The van der Waals surface area contributed by atoms with Crippen molar-refractivity contribution in [3.63, 3.8) is 0 Å². The Hall–Kier alpha value is -3.22. The molecule has 31 heavy (non-hydrogen) atoms. The number of benzene rings is 2. The summed E-state index contributed by atoms with van der Waals surface area (Å²) in [5, 5.41) is 0. The van der Waals surface area contributed by atoms with Gasteiger partial charge in [0.2, 0.25) is 5.75 Å². The summed E-state index contributed by atoms with van der Waals surface area (Å²) in [6.45, 7) is 3.89. The second kappa shape index (κ2) is 8.13. The van der Waals surface area contributed by atoms with Crippen LogP contribution in [0, 0.1) is 5.92 Å². The second-order valence-electron chi connectivity index (χ2n) is 8.24. The zero-order valence-electron chi connectivity index (χ0n) is 18.2. The van der Waals surface area contributed by atoms with Gasteiger partial charge in [-0.25, -0.2) is 9.59 Å². The van der Waals surface area contributed by atoms with Crippen LogP contribution in [0.25, 0.3) is 11.1 Å². The Morgan fingerprint density at radius 1 is 1.03 bits per heavy atom. The molecule has 1 aliphatic heterocycles. The summed E-state index contributed by atoms with van der Waals surface area (Å²) in [4.78, 5) is 24.8. The Bertz CT molecular complexity index is 1020. The number of carbonyl (C=O) groups excluding carboxylic acids is 2. The maximum atomic E-state index is 12.7. The molecule has 0 radical (unpaired) electrons. The van der Waals surface area contributed by atoms with E-state index >= 15 is 0 Å². The summed E-state index contributed by atoms with van der Waals surface area (Å²) in [6, 6.07) is 8.98. The van der Waals surface area contributed by atoms with Crippen molar-refractivity contribution in [2.24, 2.45) is 5.92 Å². The maximum absolute atomic E-state index is 12.7. The minimum absolute atomic E-state index is 0.172. The zero-order valence-corrected chi connectivity index (χ0v) is 18.2. The van der Waals surface area contributed by atoms with Gasteiger partial charge in [-0.15, -0.1) is 0 Å². The first kappa shape index (κ1) is 21.0. The largest absolute Gasteiger partial charge is 0.493 e. The molecule has 7 nitrogen and oxygen atoms in total. The highest BCUT2D eigenvalue weighted by atomic mass is 16.6. The Morgan fingerprint density at radius 3 is 2.45 bits per heavy atom. The molecule has 1 saturated carbocycles. The summed E-state index contributed by atoms with van der Waals surface area (Å²) >= 11 is 0. The van der Waals surface area contributed by atoms with E-state index in [9.17, 15) is 9.59 Å². The molecule has 0 spiro atoms. The molecule has 4 rings (SSSR count). The van der Waals surface area contributed by atoms with Gasteiger partial charge in [0.1, 0.15) is 6.61 Å². The van der Waals surface area contributed by atoms with Crippen LogP contribution in [0.5, 0.6) is 17.2 Å². The van der Waals surface area contributed by atoms with Crippen molar-refractivity contribution in [1.29, 1.82) is 0 Å². The van der Waals surface area contributed by atoms with Crippen LogP contribution >= 0.6 is 0 Å². The Morgan fingerprint density at radius 2 is 1.77 bits per heavy atom. The van der Waals surface area contributed by atoms with Crippen LogP contribution in [0.15, 0.2) is 30.3 Å². The van der Waals surface area contributed by atoms with E-state index in [2.05, 4.69) is 0 Å². The first-order valence-corrected chi connectivity index (χ1v) is 10.3. The predicted octanol–water partition coefficient (Wildman–Crippen LogP) is 4.15. The van der Waals surface area contributed by atoms with Crippen molar-refractivity contribution < 1.29 is 33.3 Å². The lowest BCUT2D eigenvalue weighted by Gasteiger charge is -2.27. The standard InChI is InChI=1S/C24H26O7/c1-24(2,23(26)30-12-14-8-9-14)31-20-16(10-11-19(27-3)21(20)28-4)15-6-5-7-17-18(15)13-29-22(17)25/h5-7,10-11,14H,8-9,12-13H2,1-4H3. The summed E-state index contributed by atoms with van der Waals surface area (Å²) in [5.74, 6) is 0.791. The molecular formula is C24H26O7. The van der Waals surface area contributed by atoms with E-state index in [0.29, 0.717) is 40.9 Å². The molecule has 0 amide bonds. The monoisotopic (exact) mass is 426 g/mol. The van der Waals surface area contributed by atoms with Crippen molar-refractivity contribution in [3.8, 4) is 28.4 Å². The van der Waals surface area contributed by atoms with Gasteiger partial charge in [0.25, 0.3) is 0 Å². The third-order valence-corrected chi connectivity index (χ3v) is 5.53. The fourth-order valence-electron chi connectivity index (χ4n) is 3.56. The first-order chi connectivity index (χ1) is 14.9. The average molecular weight is 426 g/mol. The van der Waals surface area contributed by atoms with Gasteiger partial charge in [0.15, 0.2) is 17.1 Å². The third kappa shape index (κ3) is 4.04. The molecule has 0 atom stereocenters. The number of carbonyl (C=O) groups is 2. The van der Waals surface area contributed by atoms with Crippen LogP contribution in [0.4, 0.5) is 0 Å². The summed E-state index contributed by atoms with van der Waals surface area (Å²) < 4.78 is 28.0. The highest BCUT2D eigenvalue weighted by Crippen LogP contribution is 2.47. The van der Waals surface area contributed by atoms with Crippen LogP contribution in [0.3, 0.4) is 0 Å². The predicted molar refractivity (Wildman–Crippen MR) is 112 cm³/mol. The molecule has 0 aromatic heterocycles. The number of ether oxygens (including phenoxy) is 5. The molecule has 0 N–H and O–H groups in total. The van der Waals surface area contributed by atoms with E-state index in [1.165, 1.54) is 14.2 Å². The molecule has 164 valence electrons. The maximum Gasteiger partial charge on any atom is 0.349 e. The normalized spacial score (nSPS) is 15.2. The van der Waals surface area contributed by atoms with Crippen LogP contribution in [-0.4, -0.2) is 38.4 Å². The van der Waals surface area contributed by atoms with Gasteiger partial charge in [0, 0.05) is 11.1 Å². The van der Waals surface area contributed by atoms with Crippen LogP contribution in [0.1, 0.15) is 42.6 Å². The van der Waals surface area contributed by atoms with Gasteiger partial charge in [-0.3, -0.25) is 0 Å². The highest BCUT2D eigenvalue weighted by Gasteiger charge is 2.37. The minimum atomic E-state index is -1.27. The van der Waals surface area contributed by atoms with E-state index in [0.717, 1.165) is 24.0 Å². The van der Waals surface area contributed by atoms with Gasteiger partial charge in [0.05, 0.1) is 26.4 Å². The SMILES string of the molecule is COc1ccc(-c2cccc3c2COC3=O)c(OC(C)(C)C(=O)OCC2CC2)c1OC. The molecule has 1 fully saturated rings. The van der Waals surface area contributed by atoms with Gasteiger partial charge < -0.3 is 23.7 Å². The number of methoxy groups -OCH3 is 2. The van der Waals surface area contributed by atoms with Crippen molar-refractivity contribution in [1.82, 2.24) is 0 Å². The lowest BCUT2D eigenvalue weighted by molar-refractivity contribution is -0.159. The highest BCUT2D eigenvalue weighted by molar-refractivity contribution is 5.96. The molecule has 2 aromatic carbocycles. The molecular weight excluding hydrogens is 400 g/mol. The number of rotatable bonds is 8. The van der Waals surface area contributed by atoms with Crippen LogP contribution in [-0.2, 0) is 20.9 Å². The molecule has 1 aliphatic carbocycles. The zero-order chi connectivity index (χ0) is 22.2. The smallest absolute Gasteiger partial charge is 0.349 e. The van der Waals surface area contributed by atoms with E-state index in [1.54, 1.807) is 32.0 Å². The molecule has 1 heterocycles. The fourth-order valence-corrected chi connectivity index (χ4v) is 3.56. The van der Waals surface area contributed by atoms with Gasteiger partial charge in [-0.2, -0.15) is 0 Å². The lowest BCUT2D eigenvalue weighted by atomic mass is 9.95. The molecule has 0 bridgehead atoms. The summed E-state index contributed by atoms with van der Waals surface area (Å²) in [6.07, 6.45) is 2.17. The quantitative estimate of drug-likeness (QED) is 0.587. The minimum Gasteiger partial charge on any atom is -0.493 e.